The van der Waals surface area contributed by atoms with E-state index in [1.807, 2.05) is 27.7 Å². The Morgan fingerprint density at radius 2 is 1.60 bits per heavy atom. The summed E-state index contributed by atoms with van der Waals surface area (Å²) in [6.45, 7) is 7.37. The zero-order valence-electron chi connectivity index (χ0n) is 13.6. The number of aldehydes is 1. The third-order valence-corrected chi connectivity index (χ3v) is 4.31. The average Bonchev–Trinajstić information content (AvgIpc) is 2.64. The van der Waals surface area contributed by atoms with E-state index in [2.05, 4.69) is 0 Å². The topological polar surface area (TPSA) is 46.6 Å². The van der Waals surface area contributed by atoms with Gasteiger partial charge in [-0.2, -0.15) is 0 Å². The minimum atomic E-state index is -0.771. The number of rotatable bonds is 3. The molecule has 0 bridgehead atoms. The number of carbonyl (C=O) groups is 2. The second kappa shape index (κ2) is 6.59. The zero-order chi connectivity index (χ0) is 15.4. The van der Waals surface area contributed by atoms with Crippen LogP contribution in [0.5, 0.6) is 0 Å². The molecule has 1 fully saturated rings. The molecule has 0 heterocycles. The quantitative estimate of drug-likeness (QED) is 0.585. The summed E-state index contributed by atoms with van der Waals surface area (Å²) in [6, 6.07) is 0. The lowest BCUT2D eigenvalue weighted by Gasteiger charge is -2.40. The summed E-state index contributed by atoms with van der Waals surface area (Å²) in [5.74, 6) is 0.222. The second-order valence-electron chi connectivity index (χ2n) is 7.07. The van der Waals surface area contributed by atoms with Crippen molar-refractivity contribution in [3.05, 3.63) is 0 Å². The standard InChI is InChI=1S/C16H29NO3/c1-15(2,3)20-14(19)17(5)16(4,12-18)13-10-8-6-7-9-11-13/h12-13H,6-11H2,1-5H3. The highest BCUT2D eigenvalue weighted by Gasteiger charge is 2.41. The molecular formula is C16H29NO3. The number of carbonyl (C=O) groups excluding carboxylic acids is 2. The van der Waals surface area contributed by atoms with E-state index in [1.165, 1.54) is 17.7 Å². The van der Waals surface area contributed by atoms with Gasteiger partial charge in [-0.25, -0.2) is 4.79 Å². The highest BCUT2D eigenvalue weighted by molar-refractivity contribution is 5.76. The Hall–Kier alpha value is -1.06. The van der Waals surface area contributed by atoms with Gasteiger partial charge in [-0.1, -0.05) is 25.7 Å². The van der Waals surface area contributed by atoms with Crippen molar-refractivity contribution in [2.24, 2.45) is 5.92 Å². The van der Waals surface area contributed by atoms with E-state index in [4.69, 9.17) is 4.74 Å². The van der Waals surface area contributed by atoms with Crippen molar-refractivity contribution >= 4 is 12.4 Å². The molecule has 4 heteroatoms. The summed E-state index contributed by atoms with van der Waals surface area (Å²) in [4.78, 5) is 25.4. The molecule has 4 nitrogen and oxygen atoms in total. The van der Waals surface area contributed by atoms with Gasteiger partial charge in [-0.05, 0) is 46.5 Å². The first-order chi connectivity index (χ1) is 9.20. The van der Waals surface area contributed by atoms with Crippen molar-refractivity contribution in [3.8, 4) is 0 Å². The Morgan fingerprint density at radius 1 is 1.10 bits per heavy atom. The first-order valence-electron chi connectivity index (χ1n) is 7.64. The predicted octanol–water partition coefficient (Wildman–Crippen LogP) is 3.78. The monoisotopic (exact) mass is 283 g/mol. The minimum absolute atomic E-state index is 0.222. The average molecular weight is 283 g/mol. The number of hydrogen-bond donors (Lipinski definition) is 0. The van der Waals surface area contributed by atoms with Gasteiger partial charge in [0, 0.05) is 7.05 Å². The molecule has 0 aromatic carbocycles. The normalized spacial score (nSPS) is 20.6. The van der Waals surface area contributed by atoms with Crippen molar-refractivity contribution in [1.29, 1.82) is 0 Å². The Morgan fingerprint density at radius 3 is 2.00 bits per heavy atom. The lowest BCUT2D eigenvalue weighted by Crippen LogP contribution is -2.54. The van der Waals surface area contributed by atoms with Crippen LogP contribution >= 0.6 is 0 Å². The predicted molar refractivity (Wildman–Crippen MR) is 79.7 cm³/mol. The van der Waals surface area contributed by atoms with Gasteiger partial charge in [0.2, 0.25) is 0 Å². The van der Waals surface area contributed by atoms with Crippen molar-refractivity contribution in [2.45, 2.75) is 77.4 Å². The summed E-state index contributed by atoms with van der Waals surface area (Å²) >= 11 is 0. The van der Waals surface area contributed by atoms with Crippen LogP contribution in [-0.2, 0) is 9.53 Å². The summed E-state index contributed by atoms with van der Waals surface area (Å²) in [7, 11) is 1.67. The van der Waals surface area contributed by atoms with Crippen molar-refractivity contribution < 1.29 is 14.3 Å². The summed E-state index contributed by atoms with van der Waals surface area (Å²) < 4.78 is 5.40. The largest absolute Gasteiger partial charge is 0.444 e. The Bertz CT molecular complexity index is 340. The van der Waals surface area contributed by atoms with Gasteiger partial charge in [-0.3, -0.25) is 4.90 Å². The molecule has 0 N–H and O–H groups in total. The molecule has 1 atom stereocenters. The molecular weight excluding hydrogens is 254 g/mol. The smallest absolute Gasteiger partial charge is 0.410 e. The van der Waals surface area contributed by atoms with Crippen LogP contribution in [0.1, 0.15) is 66.2 Å². The maximum Gasteiger partial charge on any atom is 0.410 e. The molecule has 0 saturated heterocycles. The Kier molecular flexibility index (Phi) is 5.60. The first-order valence-corrected chi connectivity index (χ1v) is 7.64. The van der Waals surface area contributed by atoms with Crippen LogP contribution in [0.25, 0.3) is 0 Å². The molecule has 1 aliphatic rings. The van der Waals surface area contributed by atoms with Crippen LogP contribution < -0.4 is 0 Å². The van der Waals surface area contributed by atoms with Crippen LogP contribution in [0.3, 0.4) is 0 Å². The van der Waals surface area contributed by atoms with E-state index >= 15 is 0 Å². The third kappa shape index (κ3) is 4.22. The summed E-state index contributed by atoms with van der Waals surface area (Å²) in [5, 5.41) is 0. The molecule has 116 valence electrons. The molecule has 1 aliphatic carbocycles. The summed E-state index contributed by atoms with van der Waals surface area (Å²) in [5.41, 5.74) is -1.31. The van der Waals surface area contributed by atoms with E-state index < -0.39 is 17.2 Å². The van der Waals surface area contributed by atoms with Gasteiger partial charge < -0.3 is 9.53 Å². The molecule has 1 amide bonds. The SMILES string of the molecule is CN(C(=O)OC(C)(C)C)C(C)(C=O)C1CCCCCC1. The third-order valence-electron chi connectivity index (χ3n) is 4.31. The lowest BCUT2D eigenvalue weighted by atomic mass is 9.80. The van der Waals surface area contributed by atoms with Gasteiger partial charge in [0.15, 0.2) is 0 Å². The molecule has 1 rings (SSSR count). The number of hydrogen-bond acceptors (Lipinski definition) is 3. The molecule has 0 aromatic heterocycles. The van der Waals surface area contributed by atoms with Gasteiger partial charge >= 0.3 is 6.09 Å². The summed E-state index contributed by atoms with van der Waals surface area (Å²) in [6.07, 6.45) is 7.23. The van der Waals surface area contributed by atoms with E-state index in [0.29, 0.717) is 0 Å². The van der Waals surface area contributed by atoms with Crippen molar-refractivity contribution in [3.63, 3.8) is 0 Å². The van der Waals surface area contributed by atoms with Crippen LogP contribution in [0.2, 0.25) is 0 Å². The second-order valence-corrected chi connectivity index (χ2v) is 7.07. The highest BCUT2D eigenvalue weighted by Crippen LogP contribution is 2.34. The molecule has 0 aromatic rings. The maximum absolute atomic E-state index is 12.2. The van der Waals surface area contributed by atoms with Crippen LogP contribution in [0.4, 0.5) is 4.79 Å². The first kappa shape index (κ1) is 17.0. The Labute approximate surface area is 122 Å². The van der Waals surface area contributed by atoms with E-state index in [-0.39, 0.29) is 5.92 Å². The van der Waals surface area contributed by atoms with Gasteiger partial charge in [-0.15, -0.1) is 0 Å². The lowest BCUT2D eigenvalue weighted by molar-refractivity contribution is -0.120. The van der Waals surface area contributed by atoms with Gasteiger partial charge in [0.1, 0.15) is 17.4 Å². The van der Waals surface area contributed by atoms with Crippen LogP contribution in [-0.4, -0.2) is 35.5 Å². The molecule has 1 unspecified atom stereocenters. The van der Waals surface area contributed by atoms with Crippen LogP contribution in [0, 0.1) is 5.92 Å². The van der Waals surface area contributed by atoms with E-state index in [0.717, 1.165) is 32.0 Å². The van der Waals surface area contributed by atoms with Crippen molar-refractivity contribution in [2.75, 3.05) is 7.05 Å². The number of likely N-dealkylation sites (N-methyl/N-ethyl adjacent to an activating group) is 1. The zero-order valence-corrected chi connectivity index (χ0v) is 13.6. The maximum atomic E-state index is 12.2. The molecule has 1 saturated carbocycles. The van der Waals surface area contributed by atoms with E-state index in [9.17, 15) is 9.59 Å². The number of ether oxygens (including phenoxy) is 1. The fraction of sp³-hybridized carbons (Fsp3) is 0.875. The number of nitrogens with zero attached hydrogens (tertiary/aromatic N) is 1. The minimum Gasteiger partial charge on any atom is -0.444 e. The fourth-order valence-corrected chi connectivity index (χ4v) is 2.84. The van der Waals surface area contributed by atoms with Crippen molar-refractivity contribution in [1.82, 2.24) is 4.90 Å². The molecule has 20 heavy (non-hydrogen) atoms. The van der Waals surface area contributed by atoms with Gasteiger partial charge in [0.25, 0.3) is 0 Å². The van der Waals surface area contributed by atoms with Crippen LogP contribution in [0.15, 0.2) is 0 Å². The number of amides is 1. The highest BCUT2D eigenvalue weighted by atomic mass is 16.6. The van der Waals surface area contributed by atoms with Gasteiger partial charge in [0.05, 0.1) is 0 Å². The fourth-order valence-electron chi connectivity index (χ4n) is 2.84. The molecule has 0 aliphatic heterocycles. The van der Waals surface area contributed by atoms with E-state index in [1.54, 1.807) is 7.05 Å². The Balaban J connectivity index is 2.85. The molecule has 0 radical (unpaired) electrons. The molecule has 0 spiro atoms.